The molecule has 0 N–H and O–H groups in total. The van der Waals surface area contributed by atoms with E-state index in [0.29, 0.717) is 18.0 Å². The second-order valence-corrected chi connectivity index (χ2v) is 5.98. The van der Waals surface area contributed by atoms with E-state index in [-0.39, 0.29) is 11.5 Å². The molecule has 1 aliphatic rings. The third-order valence-electron chi connectivity index (χ3n) is 4.41. The van der Waals surface area contributed by atoms with E-state index < -0.39 is 12.1 Å². The second kappa shape index (κ2) is 7.47. The van der Waals surface area contributed by atoms with E-state index in [1.807, 2.05) is 24.3 Å². The molecule has 6 nitrogen and oxygen atoms in total. The van der Waals surface area contributed by atoms with Gasteiger partial charge in [0.25, 0.3) is 5.91 Å². The Balaban J connectivity index is 1.73. The fourth-order valence-electron chi connectivity index (χ4n) is 3.03. The molecule has 136 valence electrons. The highest BCUT2D eigenvalue weighted by atomic mass is 16.5. The van der Waals surface area contributed by atoms with Crippen molar-refractivity contribution in [3.63, 3.8) is 0 Å². The van der Waals surface area contributed by atoms with Crippen LogP contribution in [0.5, 0.6) is 11.5 Å². The Labute approximate surface area is 152 Å². The normalized spacial score (nSPS) is 13.7. The quantitative estimate of drug-likeness (QED) is 0.772. The number of esters is 1. The molecule has 1 atom stereocenters. The number of hydrogen-bond acceptors (Lipinski definition) is 5. The van der Waals surface area contributed by atoms with Gasteiger partial charge in [0.2, 0.25) is 0 Å². The highest BCUT2D eigenvalue weighted by Crippen LogP contribution is 2.29. The summed E-state index contributed by atoms with van der Waals surface area (Å²) in [6.45, 7) is 2.17. The number of methoxy groups -OCH3 is 2. The van der Waals surface area contributed by atoms with Crippen molar-refractivity contribution in [2.75, 3.05) is 25.7 Å². The van der Waals surface area contributed by atoms with Crippen LogP contribution in [0.3, 0.4) is 0 Å². The first-order valence-corrected chi connectivity index (χ1v) is 8.37. The molecule has 2 aromatic carbocycles. The summed E-state index contributed by atoms with van der Waals surface area (Å²) in [5.41, 5.74) is 2.24. The van der Waals surface area contributed by atoms with Gasteiger partial charge in [0.15, 0.2) is 6.10 Å². The molecule has 1 aliphatic heterocycles. The van der Waals surface area contributed by atoms with Gasteiger partial charge in [-0.25, -0.2) is 4.79 Å². The van der Waals surface area contributed by atoms with Crippen molar-refractivity contribution >= 4 is 17.6 Å². The van der Waals surface area contributed by atoms with Crippen molar-refractivity contribution in [2.24, 2.45) is 0 Å². The van der Waals surface area contributed by atoms with E-state index in [9.17, 15) is 9.59 Å². The van der Waals surface area contributed by atoms with E-state index in [1.165, 1.54) is 14.2 Å². The predicted molar refractivity (Wildman–Crippen MR) is 96.9 cm³/mol. The molecule has 0 bridgehead atoms. The first kappa shape index (κ1) is 17.8. The summed E-state index contributed by atoms with van der Waals surface area (Å²) < 4.78 is 15.7. The maximum Gasteiger partial charge on any atom is 0.342 e. The molecule has 0 aromatic heterocycles. The number of carbonyl (C=O) groups excluding carboxylic acids is 2. The zero-order valence-electron chi connectivity index (χ0n) is 15.0. The lowest BCUT2D eigenvalue weighted by atomic mass is 10.2. The molecule has 1 amide bonds. The lowest BCUT2D eigenvalue weighted by molar-refractivity contribution is -0.126. The van der Waals surface area contributed by atoms with Gasteiger partial charge in [-0.15, -0.1) is 0 Å². The third-order valence-corrected chi connectivity index (χ3v) is 4.41. The smallest absolute Gasteiger partial charge is 0.342 e. The fourth-order valence-corrected chi connectivity index (χ4v) is 3.03. The Morgan fingerprint density at radius 2 is 1.85 bits per heavy atom. The highest BCUT2D eigenvalue weighted by molar-refractivity contribution is 6.01. The molecule has 0 spiro atoms. The van der Waals surface area contributed by atoms with Crippen molar-refractivity contribution in [2.45, 2.75) is 19.4 Å². The van der Waals surface area contributed by atoms with Gasteiger partial charge < -0.3 is 19.1 Å². The molecular weight excluding hydrogens is 334 g/mol. The summed E-state index contributed by atoms with van der Waals surface area (Å²) in [5.74, 6) is 0.0466. The summed E-state index contributed by atoms with van der Waals surface area (Å²) in [7, 11) is 2.99. The maximum atomic E-state index is 12.7. The van der Waals surface area contributed by atoms with Gasteiger partial charge in [-0.05, 0) is 37.1 Å². The number of para-hydroxylation sites is 1. The molecule has 0 saturated heterocycles. The largest absolute Gasteiger partial charge is 0.497 e. The topological polar surface area (TPSA) is 65.1 Å². The summed E-state index contributed by atoms with van der Waals surface area (Å²) >= 11 is 0. The van der Waals surface area contributed by atoms with Crippen molar-refractivity contribution in [3.05, 3.63) is 53.6 Å². The van der Waals surface area contributed by atoms with Crippen LogP contribution in [0.4, 0.5) is 5.69 Å². The minimum Gasteiger partial charge on any atom is -0.497 e. The molecular formula is C20H21NO5. The number of ether oxygens (including phenoxy) is 3. The van der Waals surface area contributed by atoms with Crippen LogP contribution in [0.15, 0.2) is 42.5 Å². The Morgan fingerprint density at radius 3 is 2.58 bits per heavy atom. The van der Waals surface area contributed by atoms with Crippen LogP contribution >= 0.6 is 0 Å². The predicted octanol–water partition coefficient (Wildman–Crippen LogP) is 2.84. The second-order valence-electron chi connectivity index (χ2n) is 5.98. The van der Waals surface area contributed by atoms with Crippen LogP contribution in [-0.4, -0.2) is 38.7 Å². The molecule has 2 aromatic rings. The summed E-state index contributed by atoms with van der Waals surface area (Å²) in [5, 5.41) is 0. The minimum atomic E-state index is -0.902. The number of benzene rings is 2. The Hall–Kier alpha value is -3.02. The number of anilines is 1. The first-order valence-electron chi connectivity index (χ1n) is 8.37. The van der Waals surface area contributed by atoms with E-state index >= 15 is 0 Å². The molecule has 26 heavy (non-hydrogen) atoms. The zero-order chi connectivity index (χ0) is 18.7. The Kier molecular flexibility index (Phi) is 5.11. The van der Waals surface area contributed by atoms with E-state index in [2.05, 4.69) is 0 Å². The molecule has 0 fully saturated rings. The van der Waals surface area contributed by atoms with Crippen LogP contribution in [0.25, 0.3) is 0 Å². The molecule has 6 heteroatoms. The molecule has 0 aliphatic carbocycles. The molecule has 0 unspecified atom stereocenters. The van der Waals surface area contributed by atoms with Crippen molar-refractivity contribution < 1.29 is 23.8 Å². The monoisotopic (exact) mass is 355 g/mol. The molecule has 0 radical (unpaired) electrons. The number of hydrogen-bond donors (Lipinski definition) is 0. The molecule has 0 saturated carbocycles. The minimum absolute atomic E-state index is 0.240. The third kappa shape index (κ3) is 3.35. The zero-order valence-corrected chi connectivity index (χ0v) is 15.0. The number of rotatable bonds is 5. The van der Waals surface area contributed by atoms with Gasteiger partial charge in [-0.3, -0.25) is 4.79 Å². The number of amides is 1. The summed E-state index contributed by atoms with van der Waals surface area (Å²) in [4.78, 5) is 26.9. The average molecular weight is 355 g/mol. The van der Waals surface area contributed by atoms with Crippen LogP contribution in [0.2, 0.25) is 0 Å². The summed E-state index contributed by atoms with van der Waals surface area (Å²) in [6.07, 6.45) is -0.102. The van der Waals surface area contributed by atoms with E-state index in [1.54, 1.807) is 30.0 Å². The maximum absolute atomic E-state index is 12.7. The number of carbonyl (C=O) groups is 2. The van der Waals surface area contributed by atoms with Gasteiger partial charge in [0.1, 0.15) is 17.1 Å². The van der Waals surface area contributed by atoms with Crippen molar-refractivity contribution in [1.82, 2.24) is 0 Å². The van der Waals surface area contributed by atoms with Gasteiger partial charge in [0.05, 0.1) is 14.2 Å². The van der Waals surface area contributed by atoms with Gasteiger partial charge >= 0.3 is 5.97 Å². The fraction of sp³-hybridized carbons (Fsp3) is 0.300. The lowest BCUT2D eigenvalue weighted by Gasteiger charge is -2.22. The van der Waals surface area contributed by atoms with Crippen LogP contribution in [0.1, 0.15) is 22.8 Å². The molecule has 1 heterocycles. The van der Waals surface area contributed by atoms with Crippen LogP contribution in [0, 0.1) is 0 Å². The van der Waals surface area contributed by atoms with Gasteiger partial charge in [-0.2, -0.15) is 0 Å². The SMILES string of the molecule is COc1ccc(C(=O)O[C@@H](C)C(=O)N2CCc3ccccc32)c(OC)c1. The molecule has 3 rings (SSSR count). The lowest BCUT2D eigenvalue weighted by Crippen LogP contribution is -2.39. The van der Waals surface area contributed by atoms with Gasteiger partial charge in [-0.1, -0.05) is 18.2 Å². The average Bonchev–Trinajstić information content (AvgIpc) is 3.10. The highest BCUT2D eigenvalue weighted by Gasteiger charge is 2.30. The van der Waals surface area contributed by atoms with E-state index in [0.717, 1.165) is 17.7 Å². The number of fused-ring (bicyclic) bond motifs is 1. The summed E-state index contributed by atoms with van der Waals surface area (Å²) in [6, 6.07) is 12.5. The standard InChI is InChI=1S/C20H21NO5/c1-13(19(22)21-11-10-14-6-4-5-7-17(14)21)26-20(23)16-9-8-15(24-2)12-18(16)25-3/h4-9,12-13H,10-11H2,1-3H3/t13-/m0/s1. The van der Waals surface area contributed by atoms with E-state index in [4.69, 9.17) is 14.2 Å². The van der Waals surface area contributed by atoms with Crippen molar-refractivity contribution in [3.8, 4) is 11.5 Å². The van der Waals surface area contributed by atoms with Gasteiger partial charge in [0, 0.05) is 18.3 Å². The Bertz CT molecular complexity index is 833. The van der Waals surface area contributed by atoms with Crippen LogP contribution in [-0.2, 0) is 16.0 Å². The first-order chi connectivity index (χ1) is 12.5. The Morgan fingerprint density at radius 1 is 1.08 bits per heavy atom. The number of nitrogens with zero attached hydrogens (tertiary/aromatic N) is 1. The van der Waals surface area contributed by atoms with Crippen molar-refractivity contribution in [1.29, 1.82) is 0 Å². The van der Waals surface area contributed by atoms with Crippen LogP contribution < -0.4 is 14.4 Å².